The highest BCUT2D eigenvalue weighted by Crippen LogP contribution is 2.39. The molecule has 2 nitrogen and oxygen atoms in total. The quantitative estimate of drug-likeness (QED) is 0.826. The van der Waals surface area contributed by atoms with Gasteiger partial charge in [-0.3, -0.25) is 0 Å². The first-order valence-corrected chi connectivity index (χ1v) is 11.0. The van der Waals surface area contributed by atoms with Gasteiger partial charge in [-0.1, -0.05) is 43.4 Å². The number of nitrogens with zero attached hydrogens (tertiary/aromatic N) is 1. The van der Waals surface area contributed by atoms with Crippen LogP contribution in [0, 0.1) is 0 Å². The second-order valence-electron chi connectivity index (χ2n) is 7.75. The van der Waals surface area contributed by atoms with Crippen LogP contribution >= 0.6 is 0 Å². The molecule has 2 aliphatic rings. The van der Waals surface area contributed by atoms with Crippen LogP contribution in [-0.4, -0.2) is 32.3 Å². The smallest absolute Gasteiger partial charge is 0.0549 e. The first-order chi connectivity index (χ1) is 10.3. The Morgan fingerprint density at radius 2 is 1.64 bits per heavy atom. The summed E-state index contributed by atoms with van der Waals surface area (Å²) in [6.45, 7) is 13.3. The van der Waals surface area contributed by atoms with Gasteiger partial charge in [-0.05, 0) is 44.7 Å². The standard InChI is InChI=1S/C15H20NSi.C4H11N/c1-17(2)15-11-14(16-9-5-6-10-16)12-7-3-4-8-13(12)15;1-4(2,3)5/h3-4,7-8,11,15H,5-6,9-10H2,1-2H3;5H2,1-3H3. The minimum Gasteiger partial charge on any atom is -0.371 e. The van der Waals surface area contributed by atoms with Crippen LogP contribution in [-0.2, 0) is 0 Å². The molecule has 1 heterocycles. The molecule has 1 fully saturated rings. The van der Waals surface area contributed by atoms with Crippen molar-refractivity contribution < 1.29 is 0 Å². The molecule has 0 spiro atoms. The number of hydrogen-bond donors (Lipinski definition) is 1. The van der Waals surface area contributed by atoms with Crippen LogP contribution in [0.15, 0.2) is 30.3 Å². The maximum absolute atomic E-state index is 5.35. The Morgan fingerprint density at radius 3 is 2.18 bits per heavy atom. The van der Waals surface area contributed by atoms with Crippen molar-refractivity contribution in [2.45, 2.75) is 57.8 Å². The minimum absolute atomic E-state index is 0. The highest BCUT2D eigenvalue weighted by Gasteiger charge is 2.29. The maximum Gasteiger partial charge on any atom is 0.0549 e. The van der Waals surface area contributed by atoms with Gasteiger partial charge in [0.15, 0.2) is 0 Å². The first kappa shape index (κ1) is 17.3. The predicted octanol–water partition coefficient (Wildman–Crippen LogP) is 4.26. The zero-order valence-electron chi connectivity index (χ0n) is 14.8. The lowest BCUT2D eigenvalue weighted by atomic mass is 10.1. The molecule has 22 heavy (non-hydrogen) atoms. The summed E-state index contributed by atoms with van der Waals surface area (Å²) in [5.74, 6) is 0. The molecule has 1 atom stereocenters. The number of nitrogens with two attached hydrogens (primary N) is 1. The van der Waals surface area contributed by atoms with Crippen molar-refractivity contribution in [1.82, 2.24) is 4.90 Å². The van der Waals surface area contributed by atoms with Crippen molar-refractivity contribution >= 4 is 14.5 Å². The molecular weight excluding hydrogens is 284 g/mol. The molecular formula is C19H31N2Si. The Kier molecular flexibility index (Phi) is 5.51. The van der Waals surface area contributed by atoms with E-state index in [2.05, 4.69) is 48.3 Å². The minimum atomic E-state index is -0.288. The topological polar surface area (TPSA) is 29.3 Å². The van der Waals surface area contributed by atoms with Gasteiger partial charge in [-0.15, -0.1) is 0 Å². The van der Waals surface area contributed by atoms with E-state index in [1.807, 2.05) is 20.8 Å². The molecule has 1 aliphatic heterocycles. The van der Waals surface area contributed by atoms with E-state index in [0.717, 1.165) is 0 Å². The Labute approximate surface area is 138 Å². The van der Waals surface area contributed by atoms with Crippen LogP contribution in [0.4, 0.5) is 0 Å². The number of hydrogen-bond acceptors (Lipinski definition) is 2. The highest BCUT2D eigenvalue weighted by molar-refractivity contribution is 6.58. The summed E-state index contributed by atoms with van der Waals surface area (Å²) in [6.07, 6.45) is 5.27. The summed E-state index contributed by atoms with van der Waals surface area (Å²) in [4.78, 5) is 2.59. The van der Waals surface area contributed by atoms with Gasteiger partial charge < -0.3 is 10.6 Å². The Bertz CT molecular complexity index is 516. The van der Waals surface area contributed by atoms with Gasteiger partial charge in [0.25, 0.3) is 0 Å². The summed E-state index contributed by atoms with van der Waals surface area (Å²) in [6, 6.07) is 9.02. The molecule has 1 aliphatic carbocycles. The van der Waals surface area contributed by atoms with E-state index in [1.165, 1.54) is 37.2 Å². The Balaban J connectivity index is 0.000000309. The molecule has 0 saturated carbocycles. The lowest BCUT2D eigenvalue weighted by Gasteiger charge is -2.19. The van der Waals surface area contributed by atoms with Gasteiger partial charge >= 0.3 is 0 Å². The average molecular weight is 316 g/mol. The number of allylic oxidation sites excluding steroid dienone is 1. The van der Waals surface area contributed by atoms with Crippen molar-refractivity contribution in [3.05, 3.63) is 41.5 Å². The molecule has 0 amide bonds. The number of benzene rings is 1. The third kappa shape index (κ3) is 4.47. The summed E-state index contributed by atoms with van der Waals surface area (Å²) < 4.78 is 0. The van der Waals surface area contributed by atoms with Gasteiger partial charge in [0.2, 0.25) is 0 Å². The van der Waals surface area contributed by atoms with E-state index in [0.29, 0.717) is 5.54 Å². The van der Waals surface area contributed by atoms with E-state index in [4.69, 9.17) is 5.73 Å². The van der Waals surface area contributed by atoms with Gasteiger partial charge in [-0.25, -0.2) is 0 Å². The Hall–Kier alpha value is -1.06. The zero-order chi connectivity index (χ0) is 16.3. The molecule has 1 aromatic rings. The number of likely N-dealkylation sites (tertiary alicyclic amines) is 1. The summed E-state index contributed by atoms with van der Waals surface area (Å²) in [7, 11) is -0.288. The molecule has 1 saturated heterocycles. The normalized spacial score (nSPS) is 20.6. The molecule has 3 rings (SSSR count). The molecule has 1 radical (unpaired) electrons. The molecule has 1 unspecified atom stereocenters. The van der Waals surface area contributed by atoms with Crippen molar-refractivity contribution in [3.63, 3.8) is 0 Å². The fraction of sp³-hybridized carbons (Fsp3) is 0.579. The van der Waals surface area contributed by atoms with Gasteiger partial charge in [-0.2, -0.15) is 0 Å². The Morgan fingerprint density at radius 1 is 1.09 bits per heavy atom. The fourth-order valence-electron chi connectivity index (χ4n) is 3.05. The van der Waals surface area contributed by atoms with Crippen LogP contribution in [0.25, 0.3) is 5.70 Å². The summed E-state index contributed by atoms with van der Waals surface area (Å²) >= 11 is 0. The van der Waals surface area contributed by atoms with Crippen LogP contribution < -0.4 is 5.73 Å². The van der Waals surface area contributed by atoms with Gasteiger partial charge in [0.05, 0.1) is 8.80 Å². The number of fused-ring (bicyclic) bond motifs is 1. The van der Waals surface area contributed by atoms with Crippen LogP contribution in [0.3, 0.4) is 0 Å². The fourth-order valence-corrected chi connectivity index (χ4v) is 4.42. The zero-order valence-corrected chi connectivity index (χ0v) is 15.8. The van der Waals surface area contributed by atoms with E-state index < -0.39 is 0 Å². The van der Waals surface area contributed by atoms with E-state index in [9.17, 15) is 0 Å². The van der Waals surface area contributed by atoms with Gasteiger partial charge in [0.1, 0.15) is 0 Å². The largest absolute Gasteiger partial charge is 0.371 e. The molecule has 0 aromatic heterocycles. The van der Waals surface area contributed by atoms with Crippen molar-refractivity contribution in [1.29, 1.82) is 0 Å². The van der Waals surface area contributed by atoms with Crippen molar-refractivity contribution in [3.8, 4) is 0 Å². The van der Waals surface area contributed by atoms with E-state index >= 15 is 0 Å². The molecule has 2 N–H and O–H groups in total. The monoisotopic (exact) mass is 315 g/mol. The summed E-state index contributed by atoms with van der Waals surface area (Å²) in [5.41, 5.74) is 10.7. The van der Waals surface area contributed by atoms with Crippen molar-refractivity contribution in [2.75, 3.05) is 13.1 Å². The third-order valence-corrected chi connectivity index (χ3v) is 5.69. The molecule has 121 valence electrons. The number of rotatable bonds is 2. The van der Waals surface area contributed by atoms with E-state index in [-0.39, 0.29) is 14.3 Å². The molecule has 1 aromatic carbocycles. The predicted molar refractivity (Wildman–Crippen MR) is 99.4 cm³/mol. The van der Waals surface area contributed by atoms with Crippen LogP contribution in [0.2, 0.25) is 13.1 Å². The highest BCUT2D eigenvalue weighted by atomic mass is 28.3. The summed E-state index contributed by atoms with van der Waals surface area (Å²) in [5, 5.41) is 0. The van der Waals surface area contributed by atoms with E-state index in [1.54, 1.807) is 5.56 Å². The third-order valence-electron chi connectivity index (χ3n) is 3.97. The first-order valence-electron chi connectivity index (χ1n) is 8.42. The average Bonchev–Trinajstić information content (AvgIpc) is 3.03. The van der Waals surface area contributed by atoms with Gasteiger partial charge in [0, 0.05) is 29.9 Å². The second-order valence-corrected chi connectivity index (χ2v) is 10.5. The maximum atomic E-state index is 5.35. The lowest BCUT2D eigenvalue weighted by molar-refractivity contribution is 0.494. The molecule has 0 bridgehead atoms. The SMILES string of the molecule is CC(C)(C)N.C[Si](C)C1C=C(N2CCCC2)c2ccccc21. The lowest BCUT2D eigenvalue weighted by Crippen LogP contribution is -2.26. The van der Waals surface area contributed by atoms with Crippen molar-refractivity contribution in [2.24, 2.45) is 5.73 Å². The van der Waals surface area contributed by atoms with Crippen LogP contribution in [0.5, 0.6) is 0 Å². The second kappa shape index (κ2) is 7.01. The van der Waals surface area contributed by atoms with Crippen LogP contribution in [0.1, 0.15) is 50.3 Å². The molecule has 3 heteroatoms.